The third-order valence-corrected chi connectivity index (χ3v) is 11.9. The summed E-state index contributed by atoms with van der Waals surface area (Å²) in [5.74, 6) is -3.81. The molecule has 4 aliphatic rings. The molecule has 8 aromatic rings. The maximum absolute atomic E-state index is 16.8. The average Bonchev–Trinajstić information content (AvgIpc) is 3.27. The zero-order valence-electron chi connectivity index (χ0n) is 30.5. The topological polar surface area (TPSA) is 19.0 Å². The van der Waals surface area contributed by atoms with Gasteiger partial charge in [-0.25, -0.2) is 17.6 Å². The Hall–Kier alpha value is -7.26. The van der Waals surface area contributed by atoms with E-state index in [0.717, 1.165) is 39.5 Å². The van der Waals surface area contributed by atoms with E-state index >= 15 is 17.6 Å². The quantitative estimate of drug-likeness (QED) is 0.132. The van der Waals surface area contributed by atoms with Crippen molar-refractivity contribution in [2.75, 3.05) is 14.7 Å². The Balaban J connectivity index is 1.17. The van der Waals surface area contributed by atoms with Crippen molar-refractivity contribution in [2.24, 2.45) is 0 Å². The van der Waals surface area contributed by atoms with Gasteiger partial charge in [0.05, 0.1) is 17.1 Å². The Morgan fingerprint density at radius 2 is 0.983 bits per heavy atom. The highest BCUT2D eigenvalue weighted by Gasteiger charge is 2.48. The van der Waals surface area contributed by atoms with E-state index in [1.165, 1.54) is 6.07 Å². The fourth-order valence-electron chi connectivity index (χ4n) is 9.69. The summed E-state index contributed by atoms with van der Waals surface area (Å²) in [7, 11) is 0. The number of anilines is 9. The molecule has 12 rings (SSSR count). The summed E-state index contributed by atoms with van der Waals surface area (Å²) in [6.45, 7) is -0.540. The van der Waals surface area contributed by atoms with Gasteiger partial charge in [0.25, 0.3) is 6.71 Å². The van der Waals surface area contributed by atoms with Crippen LogP contribution in [0.4, 0.5) is 68.7 Å². The van der Waals surface area contributed by atoms with Crippen LogP contribution in [0.2, 0.25) is 0 Å². The van der Waals surface area contributed by atoms with Crippen molar-refractivity contribution in [2.45, 2.75) is 5.92 Å². The normalized spacial score (nSPS) is 15.1. The fourth-order valence-corrected chi connectivity index (χ4v) is 9.69. The van der Waals surface area contributed by atoms with E-state index in [2.05, 4.69) is 6.07 Å². The summed E-state index contributed by atoms with van der Waals surface area (Å²) in [6.07, 6.45) is 0. The van der Waals surface area contributed by atoms with Crippen LogP contribution in [0.15, 0.2) is 164 Å². The minimum absolute atomic E-state index is 0.0888. The van der Waals surface area contributed by atoms with Gasteiger partial charge in [0, 0.05) is 69.4 Å². The van der Waals surface area contributed by atoms with Crippen LogP contribution in [0, 0.1) is 23.3 Å². The van der Waals surface area contributed by atoms with Gasteiger partial charge in [0.2, 0.25) is 0 Å². The SMILES string of the molecule is Fc1cc2c3c(c1F)N(c1ccccc1)c1ccccc1B3c1cc3c(cc1N2c1ccccc1)Oc1cc(F)c(F)c2c1C3c1ccccc1N2c1ccccc1. The molecule has 0 saturated carbocycles. The van der Waals surface area contributed by atoms with E-state index in [-0.39, 0.29) is 17.1 Å². The number of hydrogen-bond acceptors (Lipinski definition) is 4. The summed E-state index contributed by atoms with van der Waals surface area (Å²) in [5, 5.41) is 0. The van der Waals surface area contributed by atoms with Crippen molar-refractivity contribution in [3.63, 3.8) is 0 Å². The zero-order chi connectivity index (χ0) is 38.8. The molecular weight excluding hydrogens is 733 g/mol. The van der Waals surface area contributed by atoms with Crippen molar-refractivity contribution in [1.82, 2.24) is 0 Å². The van der Waals surface area contributed by atoms with Crippen molar-refractivity contribution >= 4 is 74.3 Å². The monoisotopic (exact) mass is 761 g/mol. The Labute approximate surface area is 331 Å². The molecule has 1 atom stereocenters. The van der Waals surface area contributed by atoms with Gasteiger partial charge in [-0.05, 0) is 70.5 Å². The first-order valence-corrected chi connectivity index (χ1v) is 19.1. The minimum Gasteiger partial charge on any atom is -0.456 e. The third kappa shape index (κ3) is 4.41. The molecule has 0 aliphatic carbocycles. The second kappa shape index (κ2) is 12.1. The fraction of sp³-hybridized carbons (Fsp3) is 0.0204. The number of ether oxygens (including phenoxy) is 1. The molecule has 4 aliphatic heterocycles. The first-order chi connectivity index (χ1) is 28.5. The Morgan fingerprint density at radius 1 is 0.431 bits per heavy atom. The maximum atomic E-state index is 16.8. The molecule has 9 heteroatoms. The molecule has 0 radical (unpaired) electrons. The van der Waals surface area contributed by atoms with Gasteiger partial charge in [-0.1, -0.05) is 97.1 Å². The predicted octanol–water partition coefficient (Wildman–Crippen LogP) is 11.4. The molecule has 276 valence electrons. The summed E-state index contributed by atoms with van der Waals surface area (Å²) in [6, 6.07) is 50.4. The third-order valence-electron chi connectivity index (χ3n) is 11.9. The molecule has 4 heterocycles. The average molecular weight is 762 g/mol. The van der Waals surface area contributed by atoms with Gasteiger partial charge in [-0.3, -0.25) is 0 Å². The second-order valence-corrected chi connectivity index (χ2v) is 14.9. The van der Waals surface area contributed by atoms with Crippen molar-refractivity contribution < 1.29 is 22.3 Å². The zero-order valence-corrected chi connectivity index (χ0v) is 30.5. The van der Waals surface area contributed by atoms with Crippen molar-refractivity contribution in [3.8, 4) is 11.5 Å². The van der Waals surface area contributed by atoms with Crippen LogP contribution in [0.5, 0.6) is 11.5 Å². The van der Waals surface area contributed by atoms with Crippen molar-refractivity contribution in [3.05, 3.63) is 204 Å². The first-order valence-electron chi connectivity index (χ1n) is 19.1. The van der Waals surface area contributed by atoms with E-state index in [4.69, 9.17) is 4.74 Å². The Bertz CT molecular complexity index is 3020. The number of para-hydroxylation sites is 5. The van der Waals surface area contributed by atoms with E-state index in [1.807, 2.05) is 155 Å². The van der Waals surface area contributed by atoms with Crippen LogP contribution in [-0.2, 0) is 0 Å². The predicted molar refractivity (Wildman–Crippen MR) is 222 cm³/mol. The van der Waals surface area contributed by atoms with Crippen LogP contribution in [0.3, 0.4) is 0 Å². The smallest absolute Gasteiger partial charge is 0.252 e. The number of benzene rings is 8. The molecule has 1 unspecified atom stereocenters. The van der Waals surface area contributed by atoms with E-state index in [0.29, 0.717) is 45.2 Å². The van der Waals surface area contributed by atoms with Crippen LogP contribution in [0.1, 0.15) is 22.6 Å². The van der Waals surface area contributed by atoms with E-state index < -0.39 is 35.9 Å². The molecule has 58 heavy (non-hydrogen) atoms. The molecule has 0 bridgehead atoms. The number of rotatable bonds is 3. The summed E-state index contributed by atoms with van der Waals surface area (Å²) in [4.78, 5) is 5.53. The van der Waals surface area contributed by atoms with Crippen LogP contribution in [0.25, 0.3) is 0 Å². The van der Waals surface area contributed by atoms with Gasteiger partial charge in [-0.15, -0.1) is 0 Å². The lowest BCUT2D eigenvalue weighted by Crippen LogP contribution is -2.62. The van der Waals surface area contributed by atoms with E-state index in [9.17, 15) is 0 Å². The summed E-state index contributed by atoms with van der Waals surface area (Å²) < 4.78 is 72.1. The number of nitrogens with zero attached hydrogens (tertiary/aromatic N) is 3. The first kappa shape index (κ1) is 32.9. The standard InChI is InChI=1S/C49H28BF4N3O/c51-35-25-40-45-49(47(35)54)57(30-18-8-3-9-19-30)38-23-13-11-21-33(38)50(45)34-24-32-41(27-39(34)55(40)28-14-4-1-5-15-28)58-42-26-36(52)46(53)48-44(42)43(32)31-20-10-12-22-37(31)56(48)29-16-6-2-7-17-29/h1-27,43H. The second-order valence-electron chi connectivity index (χ2n) is 14.9. The Morgan fingerprint density at radius 3 is 1.67 bits per heavy atom. The lowest BCUT2D eigenvalue weighted by Gasteiger charge is -2.45. The molecule has 4 nitrogen and oxygen atoms in total. The molecule has 0 N–H and O–H groups in total. The van der Waals surface area contributed by atoms with Crippen LogP contribution >= 0.6 is 0 Å². The Kier molecular flexibility index (Phi) is 6.88. The van der Waals surface area contributed by atoms with E-state index in [1.54, 1.807) is 4.90 Å². The maximum Gasteiger partial charge on any atom is 0.252 e. The van der Waals surface area contributed by atoms with Gasteiger partial charge in [0.1, 0.15) is 11.5 Å². The van der Waals surface area contributed by atoms with Gasteiger partial charge >= 0.3 is 0 Å². The van der Waals surface area contributed by atoms with Crippen LogP contribution < -0.4 is 35.8 Å². The van der Waals surface area contributed by atoms with Crippen molar-refractivity contribution in [1.29, 1.82) is 0 Å². The lowest BCUT2D eigenvalue weighted by atomic mass is 9.33. The molecule has 8 aromatic carbocycles. The van der Waals surface area contributed by atoms with Gasteiger partial charge in [0.15, 0.2) is 23.3 Å². The van der Waals surface area contributed by atoms with Gasteiger partial charge < -0.3 is 19.4 Å². The number of halogens is 4. The molecule has 0 amide bonds. The number of hydrogen-bond donors (Lipinski definition) is 0. The summed E-state index contributed by atoms with van der Waals surface area (Å²) in [5.41, 5.74) is 9.45. The molecule has 0 fully saturated rings. The molecule has 0 saturated heterocycles. The molecular formula is C49H28BF4N3O. The van der Waals surface area contributed by atoms with Gasteiger partial charge in [-0.2, -0.15) is 0 Å². The highest BCUT2D eigenvalue weighted by atomic mass is 19.2. The highest BCUT2D eigenvalue weighted by molar-refractivity contribution is 7.00. The molecule has 0 aromatic heterocycles. The van der Waals surface area contributed by atoms with Crippen LogP contribution in [-0.4, -0.2) is 6.71 Å². The largest absolute Gasteiger partial charge is 0.456 e. The molecule has 0 spiro atoms. The minimum atomic E-state index is -1.03. The summed E-state index contributed by atoms with van der Waals surface area (Å²) >= 11 is 0. The highest BCUT2D eigenvalue weighted by Crippen LogP contribution is 2.60. The number of fused-ring (bicyclic) bond motifs is 8. The lowest BCUT2D eigenvalue weighted by molar-refractivity contribution is 0.436.